The van der Waals surface area contributed by atoms with Crippen LogP contribution in [0.4, 0.5) is 10.1 Å². The summed E-state index contributed by atoms with van der Waals surface area (Å²) in [6.07, 6.45) is 0. The minimum absolute atomic E-state index is 0.343. The molecule has 0 spiro atoms. The molecular weight excluding hydrogens is 213 g/mol. The number of hydrogen-bond donors (Lipinski definition) is 1. The Balaban J connectivity index is 2.21. The third-order valence-electron chi connectivity index (χ3n) is 1.82. The van der Waals surface area contributed by atoms with Crippen molar-refractivity contribution in [2.24, 2.45) is 0 Å². The SMILES string of the molecule is COCCOCCOc1cc(N)cc(F)c1. The molecular formula is C11H16FNO3. The van der Waals surface area contributed by atoms with Gasteiger partial charge in [0.15, 0.2) is 0 Å². The number of ether oxygens (including phenoxy) is 3. The summed E-state index contributed by atoms with van der Waals surface area (Å²) in [5.41, 5.74) is 5.80. The first-order valence-electron chi connectivity index (χ1n) is 4.98. The molecule has 1 aromatic rings. The fourth-order valence-corrected chi connectivity index (χ4v) is 1.13. The van der Waals surface area contributed by atoms with Crippen molar-refractivity contribution in [2.45, 2.75) is 0 Å². The van der Waals surface area contributed by atoms with Crippen LogP contribution in [0.3, 0.4) is 0 Å². The zero-order valence-corrected chi connectivity index (χ0v) is 9.24. The van der Waals surface area contributed by atoms with E-state index in [4.69, 9.17) is 19.9 Å². The van der Waals surface area contributed by atoms with E-state index in [1.807, 2.05) is 0 Å². The number of halogens is 1. The fourth-order valence-electron chi connectivity index (χ4n) is 1.13. The van der Waals surface area contributed by atoms with Crippen molar-refractivity contribution in [1.82, 2.24) is 0 Å². The fraction of sp³-hybridized carbons (Fsp3) is 0.455. The van der Waals surface area contributed by atoms with Gasteiger partial charge in [0.05, 0.1) is 19.8 Å². The molecule has 0 aliphatic heterocycles. The first kappa shape index (κ1) is 12.7. The minimum Gasteiger partial charge on any atom is -0.491 e. The Morgan fingerprint density at radius 1 is 1.12 bits per heavy atom. The molecule has 0 heterocycles. The van der Waals surface area contributed by atoms with E-state index in [9.17, 15) is 4.39 Å². The molecule has 2 N–H and O–H groups in total. The van der Waals surface area contributed by atoms with Crippen LogP contribution in [0.2, 0.25) is 0 Å². The average molecular weight is 229 g/mol. The van der Waals surface area contributed by atoms with E-state index in [0.717, 1.165) is 0 Å². The molecule has 0 aliphatic rings. The molecule has 1 rings (SSSR count). The van der Waals surface area contributed by atoms with Crippen molar-refractivity contribution < 1.29 is 18.6 Å². The number of hydrogen-bond acceptors (Lipinski definition) is 4. The lowest BCUT2D eigenvalue weighted by Crippen LogP contribution is -2.10. The highest BCUT2D eigenvalue weighted by Gasteiger charge is 1.99. The highest BCUT2D eigenvalue weighted by molar-refractivity contribution is 5.44. The molecule has 0 saturated heterocycles. The molecule has 0 amide bonds. The summed E-state index contributed by atoms with van der Waals surface area (Å²) < 4.78 is 28.1. The summed E-state index contributed by atoms with van der Waals surface area (Å²) in [6.45, 7) is 1.85. The molecule has 1 aromatic carbocycles. The van der Waals surface area contributed by atoms with Crippen LogP contribution in [-0.2, 0) is 9.47 Å². The summed E-state index contributed by atoms with van der Waals surface area (Å²) in [6, 6.07) is 4.09. The van der Waals surface area contributed by atoms with Crippen molar-refractivity contribution in [1.29, 1.82) is 0 Å². The van der Waals surface area contributed by atoms with E-state index in [0.29, 0.717) is 37.9 Å². The smallest absolute Gasteiger partial charge is 0.128 e. The Hall–Kier alpha value is -1.33. The van der Waals surface area contributed by atoms with Gasteiger partial charge in [0.2, 0.25) is 0 Å². The van der Waals surface area contributed by atoms with E-state index in [1.165, 1.54) is 12.1 Å². The zero-order valence-electron chi connectivity index (χ0n) is 9.24. The van der Waals surface area contributed by atoms with E-state index in [-0.39, 0.29) is 0 Å². The molecule has 16 heavy (non-hydrogen) atoms. The lowest BCUT2D eigenvalue weighted by Gasteiger charge is -2.07. The van der Waals surface area contributed by atoms with Crippen molar-refractivity contribution >= 4 is 5.69 Å². The Kier molecular flexibility index (Phi) is 5.60. The van der Waals surface area contributed by atoms with E-state index in [1.54, 1.807) is 13.2 Å². The van der Waals surface area contributed by atoms with Gasteiger partial charge in [0.25, 0.3) is 0 Å². The molecule has 0 aromatic heterocycles. The van der Waals surface area contributed by atoms with Gasteiger partial charge in [-0.3, -0.25) is 0 Å². The standard InChI is InChI=1S/C11H16FNO3/c1-14-2-3-15-4-5-16-11-7-9(12)6-10(13)8-11/h6-8H,2-5,13H2,1H3. The van der Waals surface area contributed by atoms with E-state index in [2.05, 4.69) is 0 Å². The van der Waals surface area contributed by atoms with Gasteiger partial charge in [-0.1, -0.05) is 0 Å². The van der Waals surface area contributed by atoms with Gasteiger partial charge in [-0.2, -0.15) is 0 Å². The number of rotatable bonds is 7. The third-order valence-corrected chi connectivity index (χ3v) is 1.82. The van der Waals surface area contributed by atoms with Crippen LogP contribution in [-0.4, -0.2) is 33.5 Å². The summed E-state index contributed by atoms with van der Waals surface area (Å²) in [5, 5.41) is 0. The van der Waals surface area contributed by atoms with Crippen LogP contribution in [0.1, 0.15) is 0 Å². The molecule has 5 heteroatoms. The van der Waals surface area contributed by atoms with Crippen molar-refractivity contribution in [2.75, 3.05) is 39.3 Å². The van der Waals surface area contributed by atoms with Crippen LogP contribution < -0.4 is 10.5 Å². The van der Waals surface area contributed by atoms with Crippen molar-refractivity contribution in [3.05, 3.63) is 24.0 Å². The van der Waals surface area contributed by atoms with E-state index < -0.39 is 5.82 Å². The van der Waals surface area contributed by atoms with Crippen LogP contribution >= 0.6 is 0 Å². The van der Waals surface area contributed by atoms with Gasteiger partial charge in [-0.25, -0.2) is 4.39 Å². The summed E-state index contributed by atoms with van der Waals surface area (Å²) in [7, 11) is 1.61. The molecule has 4 nitrogen and oxygen atoms in total. The van der Waals surface area contributed by atoms with Gasteiger partial charge in [0.1, 0.15) is 18.2 Å². The molecule has 0 aliphatic carbocycles. The van der Waals surface area contributed by atoms with Gasteiger partial charge < -0.3 is 19.9 Å². The molecule has 0 fully saturated rings. The summed E-state index contributed by atoms with van der Waals surface area (Å²) in [5.74, 6) is 0.00291. The molecule has 0 radical (unpaired) electrons. The second-order valence-corrected chi connectivity index (χ2v) is 3.17. The van der Waals surface area contributed by atoms with Crippen LogP contribution in [0, 0.1) is 5.82 Å². The first-order chi connectivity index (χ1) is 7.72. The Bertz CT molecular complexity index is 300. The Morgan fingerprint density at radius 2 is 1.88 bits per heavy atom. The highest BCUT2D eigenvalue weighted by Crippen LogP contribution is 2.17. The molecule has 0 unspecified atom stereocenters. The first-order valence-corrected chi connectivity index (χ1v) is 4.98. The van der Waals surface area contributed by atoms with Crippen LogP contribution in [0.5, 0.6) is 5.75 Å². The quantitative estimate of drug-likeness (QED) is 0.568. The predicted molar refractivity (Wildman–Crippen MR) is 59.0 cm³/mol. The number of anilines is 1. The largest absolute Gasteiger partial charge is 0.491 e. The number of nitrogen functional groups attached to an aromatic ring is 1. The predicted octanol–water partition coefficient (Wildman–Crippen LogP) is 1.45. The van der Waals surface area contributed by atoms with Gasteiger partial charge in [-0.15, -0.1) is 0 Å². The number of nitrogens with two attached hydrogens (primary N) is 1. The Morgan fingerprint density at radius 3 is 2.56 bits per heavy atom. The molecule has 90 valence electrons. The second-order valence-electron chi connectivity index (χ2n) is 3.17. The third kappa shape index (κ3) is 4.95. The molecule has 0 bridgehead atoms. The molecule has 0 saturated carbocycles. The lowest BCUT2D eigenvalue weighted by atomic mass is 10.3. The number of methoxy groups -OCH3 is 1. The maximum absolute atomic E-state index is 12.9. The van der Waals surface area contributed by atoms with Gasteiger partial charge >= 0.3 is 0 Å². The maximum Gasteiger partial charge on any atom is 0.128 e. The monoisotopic (exact) mass is 229 g/mol. The summed E-state index contributed by atoms with van der Waals surface area (Å²) in [4.78, 5) is 0. The number of benzene rings is 1. The van der Waals surface area contributed by atoms with Crippen molar-refractivity contribution in [3.8, 4) is 5.75 Å². The average Bonchev–Trinajstić information content (AvgIpc) is 2.22. The Labute approximate surface area is 94.1 Å². The van der Waals surface area contributed by atoms with Crippen LogP contribution in [0.25, 0.3) is 0 Å². The normalized spacial score (nSPS) is 10.4. The molecule has 0 atom stereocenters. The van der Waals surface area contributed by atoms with Gasteiger partial charge in [0, 0.05) is 24.9 Å². The topological polar surface area (TPSA) is 53.7 Å². The lowest BCUT2D eigenvalue weighted by molar-refractivity contribution is 0.0544. The second kappa shape index (κ2) is 7.03. The van der Waals surface area contributed by atoms with E-state index >= 15 is 0 Å². The zero-order chi connectivity index (χ0) is 11.8. The van der Waals surface area contributed by atoms with Crippen molar-refractivity contribution in [3.63, 3.8) is 0 Å². The summed E-state index contributed by atoms with van der Waals surface area (Å²) >= 11 is 0. The maximum atomic E-state index is 12.9. The minimum atomic E-state index is -0.407. The van der Waals surface area contributed by atoms with Crippen LogP contribution in [0.15, 0.2) is 18.2 Å². The van der Waals surface area contributed by atoms with Gasteiger partial charge in [-0.05, 0) is 6.07 Å². The highest BCUT2D eigenvalue weighted by atomic mass is 19.1.